The maximum atomic E-state index is 13.0. The highest BCUT2D eigenvalue weighted by Crippen LogP contribution is 2.30. The van der Waals surface area contributed by atoms with E-state index in [-0.39, 0.29) is 0 Å². The first-order valence-electron chi connectivity index (χ1n) is 4.81. The smallest absolute Gasteiger partial charge is 0.141 e. The predicted molar refractivity (Wildman–Crippen MR) is 64.7 cm³/mol. The van der Waals surface area contributed by atoms with Crippen molar-refractivity contribution in [1.82, 2.24) is 4.98 Å². The Morgan fingerprint density at radius 2 is 1.94 bits per heavy atom. The van der Waals surface area contributed by atoms with E-state index in [1.165, 1.54) is 12.3 Å². The molecule has 1 atom stereocenters. The van der Waals surface area contributed by atoms with Crippen molar-refractivity contribution < 1.29 is 9.50 Å². The number of aromatic nitrogens is 1. The fraction of sp³-hybridized carbons (Fsp3) is 0.0833. The number of aliphatic hydroxyl groups excluding tert-OH is 1. The number of hydrogen-bond acceptors (Lipinski definition) is 2. The Morgan fingerprint density at radius 1 is 1.18 bits per heavy atom. The van der Waals surface area contributed by atoms with E-state index in [1.807, 2.05) is 0 Å². The lowest BCUT2D eigenvalue weighted by Gasteiger charge is -2.13. The largest absolute Gasteiger partial charge is 0.384 e. The van der Waals surface area contributed by atoms with Gasteiger partial charge in [0.2, 0.25) is 0 Å². The summed E-state index contributed by atoms with van der Waals surface area (Å²) in [6.45, 7) is 0. The second-order valence-electron chi connectivity index (χ2n) is 3.50. The number of halogens is 3. The standard InChI is InChI=1S/C12H8Cl2FNO/c13-8-1-2-11(14)10(4-8)12(17)7-3-9(15)6-16-5-7/h1-6,12,17H. The fourth-order valence-corrected chi connectivity index (χ4v) is 1.88. The van der Waals surface area contributed by atoms with Crippen LogP contribution in [0.1, 0.15) is 17.2 Å². The van der Waals surface area contributed by atoms with Gasteiger partial charge in [0.1, 0.15) is 11.9 Å². The Balaban J connectivity index is 2.43. The van der Waals surface area contributed by atoms with E-state index < -0.39 is 11.9 Å². The molecule has 0 amide bonds. The summed E-state index contributed by atoms with van der Waals surface area (Å²) in [5.74, 6) is -0.514. The number of rotatable bonds is 2. The van der Waals surface area contributed by atoms with Crippen LogP contribution in [0.4, 0.5) is 4.39 Å². The molecular weight excluding hydrogens is 264 g/mol. The number of aliphatic hydroxyl groups is 1. The van der Waals surface area contributed by atoms with Gasteiger partial charge in [0.05, 0.1) is 6.20 Å². The molecule has 0 aliphatic rings. The molecule has 1 heterocycles. The highest BCUT2D eigenvalue weighted by atomic mass is 35.5. The summed E-state index contributed by atoms with van der Waals surface area (Å²) < 4.78 is 13.0. The first-order valence-corrected chi connectivity index (χ1v) is 5.57. The zero-order chi connectivity index (χ0) is 12.4. The third kappa shape index (κ3) is 2.75. The summed E-state index contributed by atoms with van der Waals surface area (Å²) in [7, 11) is 0. The molecule has 0 saturated carbocycles. The van der Waals surface area contributed by atoms with Gasteiger partial charge in [-0.3, -0.25) is 4.98 Å². The maximum Gasteiger partial charge on any atom is 0.141 e. The Kier molecular flexibility index (Phi) is 3.62. The number of pyridine rings is 1. The van der Waals surface area contributed by atoms with Crippen LogP contribution in [0.25, 0.3) is 0 Å². The topological polar surface area (TPSA) is 33.1 Å². The summed E-state index contributed by atoms with van der Waals surface area (Å²) in [5.41, 5.74) is 0.751. The van der Waals surface area contributed by atoms with Gasteiger partial charge in [-0.25, -0.2) is 4.39 Å². The molecule has 88 valence electrons. The molecule has 2 rings (SSSR count). The van der Waals surface area contributed by atoms with Crippen molar-refractivity contribution in [2.24, 2.45) is 0 Å². The molecule has 2 aromatic rings. The van der Waals surface area contributed by atoms with Gasteiger partial charge in [0.25, 0.3) is 0 Å². The van der Waals surface area contributed by atoms with Crippen molar-refractivity contribution in [3.63, 3.8) is 0 Å². The molecule has 0 fully saturated rings. The van der Waals surface area contributed by atoms with Crippen molar-refractivity contribution in [1.29, 1.82) is 0 Å². The monoisotopic (exact) mass is 271 g/mol. The molecule has 1 aromatic carbocycles. The predicted octanol–water partition coefficient (Wildman–Crippen LogP) is 3.61. The first-order chi connectivity index (χ1) is 8.08. The molecule has 1 unspecified atom stereocenters. The second-order valence-corrected chi connectivity index (χ2v) is 4.35. The molecule has 1 N–H and O–H groups in total. The minimum absolute atomic E-state index is 0.328. The van der Waals surface area contributed by atoms with Crippen molar-refractivity contribution in [3.8, 4) is 0 Å². The van der Waals surface area contributed by atoms with Crippen LogP contribution in [-0.2, 0) is 0 Å². The number of nitrogens with zero attached hydrogens (tertiary/aromatic N) is 1. The molecular formula is C12H8Cl2FNO. The van der Waals surface area contributed by atoms with Crippen molar-refractivity contribution in [3.05, 3.63) is 63.6 Å². The van der Waals surface area contributed by atoms with Crippen LogP contribution in [0.2, 0.25) is 10.0 Å². The van der Waals surface area contributed by atoms with Crippen LogP contribution in [0, 0.1) is 5.82 Å². The average Bonchev–Trinajstić information content (AvgIpc) is 2.31. The summed E-state index contributed by atoms with van der Waals surface area (Å²) in [4.78, 5) is 3.67. The van der Waals surface area contributed by atoms with Gasteiger partial charge in [-0.15, -0.1) is 0 Å². The van der Waals surface area contributed by atoms with E-state index in [2.05, 4.69) is 4.98 Å². The normalized spacial score (nSPS) is 12.5. The molecule has 17 heavy (non-hydrogen) atoms. The molecule has 0 aliphatic heterocycles. The van der Waals surface area contributed by atoms with E-state index >= 15 is 0 Å². The molecule has 0 saturated heterocycles. The van der Waals surface area contributed by atoms with E-state index in [0.717, 1.165) is 6.20 Å². The van der Waals surface area contributed by atoms with Crippen LogP contribution in [0.3, 0.4) is 0 Å². The Labute approximate surface area is 108 Å². The third-order valence-electron chi connectivity index (χ3n) is 2.29. The van der Waals surface area contributed by atoms with Gasteiger partial charge >= 0.3 is 0 Å². The van der Waals surface area contributed by atoms with E-state index in [1.54, 1.807) is 18.2 Å². The molecule has 2 nitrogen and oxygen atoms in total. The van der Waals surface area contributed by atoms with Gasteiger partial charge in [0, 0.05) is 27.4 Å². The quantitative estimate of drug-likeness (QED) is 0.905. The van der Waals surface area contributed by atoms with E-state index in [9.17, 15) is 9.50 Å². The number of hydrogen-bond donors (Lipinski definition) is 1. The lowest BCUT2D eigenvalue weighted by molar-refractivity contribution is 0.219. The minimum atomic E-state index is -1.05. The molecule has 0 bridgehead atoms. The maximum absolute atomic E-state index is 13.0. The zero-order valence-electron chi connectivity index (χ0n) is 8.57. The lowest BCUT2D eigenvalue weighted by Crippen LogP contribution is -2.01. The highest BCUT2D eigenvalue weighted by molar-refractivity contribution is 6.33. The van der Waals surface area contributed by atoms with Crippen molar-refractivity contribution in [2.45, 2.75) is 6.10 Å². The van der Waals surface area contributed by atoms with Crippen LogP contribution in [-0.4, -0.2) is 10.1 Å². The third-order valence-corrected chi connectivity index (χ3v) is 2.87. The molecule has 5 heteroatoms. The van der Waals surface area contributed by atoms with Crippen molar-refractivity contribution >= 4 is 23.2 Å². The SMILES string of the molecule is OC(c1cncc(F)c1)c1cc(Cl)ccc1Cl. The molecule has 0 aliphatic carbocycles. The fourth-order valence-electron chi connectivity index (χ4n) is 1.48. The second kappa shape index (κ2) is 5.00. The van der Waals surface area contributed by atoms with E-state index in [4.69, 9.17) is 23.2 Å². The Hall–Kier alpha value is -1.16. The van der Waals surface area contributed by atoms with Gasteiger partial charge in [-0.1, -0.05) is 23.2 Å². The lowest BCUT2D eigenvalue weighted by atomic mass is 10.0. The van der Waals surface area contributed by atoms with Gasteiger partial charge in [-0.2, -0.15) is 0 Å². The highest BCUT2D eigenvalue weighted by Gasteiger charge is 2.15. The summed E-state index contributed by atoms with van der Waals surface area (Å²) in [5, 5.41) is 10.9. The summed E-state index contributed by atoms with van der Waals surface area (Å²) in [6, 6.07) is 5.94. The van der Waals surface area contributed by atoms with Crippen molar-refractivity contribution in [2.75, 3.05) is 0 Å². The molecule has 1 aromatic heterocycles. The first kappa shape index (κ1) is 12.3. The zero-order valence-corrected chi connectivity index (χ0v) is 10.1. The van der Waals surface area contributed by atoms with Crippen LogP contribution in [0.5, 0.6) is 0 Å². The van der Waals surface area contributed by atoms with E-state index in [0.29, 0.717) is 21.2 Å². The van der Waals surface area contributed by atoms with Crippen LogP contribution < -0.4 is 0 Å². The van der Waals surface area contributed by atoms with Gasteiger partial charge in [0.15, 0.2) is 0 Å². The Morgan fingerprint density at radius 3 is 2.65 bits per heavy atom. The Bertz CT molecular complexity index is 548. The van der Waals surface area contributed by atoms with Crippen LogP contribution >= 0.6 is 23.2 Å². The molecule has 0 radical (unpaired) electrons. The molecule has 0 spiro atoms. The minimum Gasteiger partial charge on any atom is -0.384 e. The summed E-state index contributed by atoms with van der Waals surface area (Å²) >= 11 is 11.8. The van der Waals surface area contributed by atoms with Gasteiger partial charge in [-0.05, 0) is 24.3 Å². The average molecular weight is 272 g/mol. The van der Waals surface area contributed by atoms with Gasteiger partial charge < -0.3 is 5.11 Å². The van der Waals surface area contributed by atoms with Crippen LogP contribution in [0.15, 0.2) is 36.7 Å². The summed E-state index contributed by atoms with van der Waals surface area (Å²) in [6.07, 6.45) is 1.39. The number of benzene rings is 1.